The van der Waals surface area contributed by atoms with E-state index >= 15 is 0 Å². The molecule has 0 unspecified atom stereocenters. The molecule has 9 nitrogen and oxygen atoms in total. The fourth-order valence-electron chi connectivity index (χ4n) is 3.57. The predicted octanol–water partition coefficient (Wildman–Crippen LogP) is 2.70. The number of nitrogens with one attached hydrogen (secondary N) is 1. The number of methoxy groups -OCH3 is 1. The first-order chi connectivity index (χ1) is 16.9. The Hall–Kier alpha value is -4.40. The van der Waals surface area contributed by atoms with Gasteiger partial charge in [-0.15, -0.1) is 0 Å². The van der Waals surface area contributed by atoms with Gasteiger partial charge in [-0.1, -0.05) is 6.07 Å². The maximum atomic E-state index is 12.8. The molecule has 0 saturated carbocycles. The molecule has 2 amide bonds. The predicted molar refractivity (Wildman–Crippen MR) is 128 cm³/mol. The van der Waals surface area contributed by atoms with Crippen LogP contribution in [-0.4, -0.2) is 49.4 Å². The normalized spacial score (nSPS) is 12.4. The lowest BCUT2D eigenvalue weighted by Crippen LogP contribution is -2.45. The molecule has 0 fully saturated rings. The minimum absolute atomic E-state index is 0.186. The first kappa shape index (κ1) is 23.7. The summed E-state index contributed by atoms with van der Waals surface area (Å²) in [7, 11) is 1.53. The number of benzene rings is 2. The monoisotopic (exact) mass is 475 g/mol. The number of aromatic nitrogens is 1. The number of Topliss-reactive ketones (excluding diaryl/α,β-unsaturated/α-hetero) is 1. The second-order valence-corrected chi connectivity index (χ2v) is 7.95. The average molecular weight is 476 g/mol. The van der Waals surface area contributed by atoms with Crippen LogP contribution < -0.4 is 24.4 Å². The molecule has 3 aromatic rings. The van der Waals surface area contributed by atoms with E-state index in [1.807, 2.05) is 19.1 Å². The van der Waals surface area contributed by atoms with Gasteiger partial charge < -0.3 is 19.5 Å². The molecule has 35 heavy (non-hydrogen) atoms. The molecule has 9 heteroatoms. The Balaban J connectivity index is 1.45. The number of pyridine rings is 1. The van der Waals surface area contributed by atoms with Gasteiger partial charge in [0.15, 0.2) is 30.5 Å². The lowest BCUT2D eigenvalue weighted by atomic mass is 10.1. The molecule has 1 N–H and O–H groups in total. The van der Waals surface area contributed by atoms with Crippen molar-refractivity contribution < 1.29 is 28.6 Å². The highest BCUT2D eigenvalue weighted by Gasteiger charge is 2.28. The van der Waals surface area contributed by atoms with E-state index in [1.165, 1.54) is 12.0 Å². The molecule has 0 spiro atoms. The number of aryl methyl sites for hydroxylation is 1. The van der Waals surface area contributed by atoms with Crippen LogP contribution in [0.3, 0.4) is 0 Å². The second-order valence-electron chi connectivity index (χ2n) is 7.95. The maximum Gasteiger partial charge on any atom is 0.265 e. The number of hydrogen-bond donors (Lipinski definition) is 1. The van der Waals surface area contributed by atoms with Crippen molar-refractivity contribution in [3.8, 4) is 17.2 Å². The lowest BCUT2D eigenvalue weighted by molar-refractivity contribution is -0.125. The van der Waals surface area contributed by atoms with Gasteiger partial charge in [-0.3, -0.25) is 24.3 Å². The molecular formula is C26H25N3O6. The number of fused-ring (bicyclic) bond motifs is 1. The van der Waals surface area contributed by atoms with Crippen LogP contribution in [0.2, 0.25) is 0 Å². The highest BCUT2D eigenvalue weighted by Crippen LogP contribution is 2.33. The first-order valence-corrected chi connectivity index (χ1v) is 11.0. The van der Waals surface area contributed by atoms with Gasteiger partial charge in [0, 0.05) is 24.5 Å². The summed E-state index contributed by atoms with van der Waals surface area (Å²) in [6.45, 7) is 1.63. The Labute approximate surface area is 202 Å². The molecular weight excluding hydrogens is 450 g/mol. The fraction of sp³-hybridized carbons (Fsp3) is 0.231. The number of ether oxygens (including phenoxy) is 3. The molecule has 0 bridgehead atoms. The molecule has 0 saturated heterocycles. The van der Waals surface area contributed by atoms with Gasteiger partial charge in [0.25, 0.3) is 5.91 Å². The van der Waals surface area contributed by atoms with Gasteiger partial charge in [-0.25, -0.2) is 0 Å². The fourth-order valence-corrected chi connectivity index (χ4v) is 3.57. The minimum atomic E-state index is -0.373. The van der Waals surface area contributed by atoms with Crippen molar-refractivity contribution >= 4 is 23.3 Å². The van der Waals surface area contributed by atoms with Crippen LogP contribution in [0.5, 0.6) is 17.2 Å². The zero-order valence-corrected chi connectivity index (χ0v) is 19.4. The van der Waals surface area contributed by atoms with Crippen molar-refractivity contribution in [2.45, 2.75) is 13.5 Å². The number of amides is 2. The number of ketones is 1. The topological polar surface area (TPSA) is 107 Å². The van der Waals surface area contributed by atoms with Crippen molar-refractivity contribution in [3.05, 3.63) is 77.6 Å². The van der Waals surface area contributed by atoms with Crippen LogP contribution in [0, 0.1) is 6.92 Å². The average Bonchev–Trinajstić information content (AvgIpc) is 2.88. The largest absolute Gasteiger partial charge is 0.493 e. The van der Waals surface area contributed by atoms with Crippen molar-refractivity contribution in [2.75, 3.05) is 31.8 Å². The summed E-state index contributed by atoms with van der Waals surface area (Å²) >= 11 is 0. The van der Waals surface area contributed by atoms with Gasteiger partial charge in [-0.05, 0) is 60.5 Å². The van der Waals surface area contributed by atoms with Gasteiger partial charge in [-0.2, -0.15) is 0 Å². The van der Waals surface area contributed by atoms with Crippen molar-refractivity contribution in [2.24, 2.45) is 0 Å². The van der Waals surface area contributed by atoms with Crippen molar-refractivity contribution in [1.82, 2.24) is 10.3 Å². The number of hydrogen-bond acceptors (Lipinski definition) is 7. The SMILES string of the molecule is COc1cc(C)ccc1OCC(=O)c1ccc2c(c1)N(CC(=O)NCc1ccncc1)C(=O)CO2. The van der Waals surface area contributed by atoms with Gasteiger partial charge in [0.05, 0.1) is 12.8 Å². The molecule has 0 atom stereocenters. The van der Waals surface area contributed by atoms with Crippen LogP contribution in [0.1, 0.15) is 21.5 Å². The minimum Gasteiger partial charge on any atom is -0.493 e. The quantitative estimate of drug-likeness (QED) is 0.474. The Morgan fingerprint density at radius 2 is 1.89 bits per heavy atom. The molecule has 1 aromatic heterocycles. The Morgan fingerprint density at radius 3 is 2.66 bits per heavy atom. The van der Waals surface area contributed by atoms with Crippen LogP contribution >= 0.6 is 0 Å². The molecule has 4 rings (SSSR count). The van der Waals surface area contributed by atoms with E-state index in [0.717, 1.165) is 11.1 Å². The number of nitrogens with zero attached hydrogens (tertiary/aromatic N) is 2. The standard InChI is InChI=1S/C26H25N3O6/c1-17-3-5-23(24(11-17)33-2)34-15-21(30)19-4-6-22-20(12-19)29(26(32)16-35-22)14-25(31)28-13-18-7-9-27-10-8-18/h3-12H,13-16H2,1-2H3,(H,28,31). The molecule has 2 aromatic carbocycles. The van der Waals surface area contributed by atoms with Crippen molar-refractivity contribution in [3.63, 3.8) is 0 Å². The number of carbonyl (C=O) groups is 3. The lowest BCUT2D eigenvalue weighted by Gasteiger charge is -2.29. The smallest absolute Gasteiger partial charge is 0.265 e. The zero-order valence-electron chi connectivity index (χ0n) is 19.4. The molecule has 1 aliphatic heterocycles. The van der Waals surface area contributed by atoms with Crippen LogP contribution in [0.15, 0.2) is 60.9 Å². The summed E-state index contributed by atoms with van der Waals surface area (Å²) in [5.74, 6) is 0.401. The van der Waals surface area contributed by atoms with E-state index < -0.39 is 0 Å². The van der Waals surface area contributed by atoms with Gasteiger partial charge in [0.2, 0.25) is 5.91 Å². The summed E-state index contributed by atoms with van der Waals surface area (Å²) in [6, 6.07) is 13.8. The molecule has 2 heterocycles. The number of carbonyl (C=O) groups excluding carboxylic acids is 3. The van der Waals surface area contributed by atoms with E-state index in [4.69, 9.17) is 14.2 Å². The van der Waals surface area contributed by atoms with Crippen LogP contribution in [-0.2, 0) is 16.1 Å². The van der Waals surface area contributed by atoms with Gasteiger partial charge in [0.1, 0.15) is 12.3 Å². The third-order valence-corrected chi connectivity index (χ3v) is 5.44. The summed E-state index contributed by atoms with van der Waals surface area (Å²) in [5.41, 5.74) is 2.58. The summed E-state index contributed by atoms with van der Waals surface area (Å²) in [5, 5.41) is 2.79. The van der Waals surface area contributed by atoms with Crippen LogP contribution in [0.25, 0.3) is 0 Å². The third-order valence-electron chi connectivity index (χ3n) is 5.44. The zero-order chi connectivity index (χ0) is 24.8. The number of rotatable bonds is 9. The van der Waals surface area contributed by atoms with Crippen molar-refractivity contribution in [1.29, 1.82) is 0 Å². The van der Waals surface area contributed by atoms with E-state index in [1.54, 1.807) is 48.8 Å². The maximum absolute atomic E-state index is 12.8. The van der Waals surface area contributed by atoms with Crippen LogP contribution in [0.4, 0.5) is 5.69 Å². The summed E-state index contributed by atoms with van der Waals surface area (Å²) in [6.07, 6.45) is 3.28. The summed E-state index contributed by atoms with van der Waals surface area (Å²) in [4.78, 5) is 43.2. The van der Waals surface area contributed by atoms with E-state index in [-0.39, 0.29) is 37.4 Å². The molecule has 1 aliphatic rings. The Morgan fingerprint density at radius 1 is 1.09 bits per heavy atom. The Bertz CT molecular complexity index is 1250. The number of anilines is 1. The van der Waals surface area contributed by atoms with Gasteiger partial charge >= 0.3 is 0 Å². The first-order valence-electron chi connectivity index (χ1n) is 11.0. The highest BCUT2D eigenvalue weighted by molar-refractivity contribution is 6.04. The third kappa shape index (κ3) is 5.75. The second kappa shape index (κ2) is 10.7. The Kier molecular flexibility index (Phi) is 7.25. The molecule has 0 radical (unpaired) electrons. The van der Waals surface area contributed by atoms with E-state index in [9.17, 15) is 14.4 Å². The molecule has 0 aliphatic carbocycles. The summed E-state index contributed by atoms with van der Waals surface area (Å²) < 4.78 is 16.5. The highest BCUT2D eigenvalue weighted by atomic mass is 16.5. The molecule has 180 valence electrons. The van der Waals surface area contributed by atoms with E-state index in [2.05, 4.69) is 10.3 Å². The van der Waals surface area contributed by atoms with E-state index in [0.29, 0.717) is 35.0 Å².